The van der Waals surface area contributed by atoms with Crippen molar-refractivity contribution in [3.8, 4) is 0 Å². The molecule has 0 amide bonds. The number of hydrogen-bond acceptors (Lipinski definition) is 3. The van der Waals surface area contributed by atoms with Gasteiger partial charge in [0.1, 0.15) is 0 Å². The van der Waals surface area contributed by atoms with Crippen LogP contribution in [0.5, 0.6) is 0 Å². The van der Waals surface area contributed by atoms with Crippen molar-refractivity contribution in [2.75, 3.05) is 6.54 Å². The van der Waals surface area contributed by atoms with E-state index in [0.29, 0.717) is 11.8 Å². The minimum absolute atomic E-state index is 0.0578. The molecule has 0 aromatic rings. The molecule has 80 valence electrons. The van der Waals surface area contributed by atoms with Crippen LogP contribution in [0.15, 0.2) is 4.99 Å². The molecule has 0 radical (unpaired) electrons. The van der Waals surface area contributed by atoms with E-state index in [4.69, 9.17) is 12.6 Å². The van der Waals surface area contributed by atoms with Gasteiger partial charge < -0.3 is 0 Å². The first kappa shape index (κ1) is 11.8. The van der Waals surface area contributed by atoms with Crippen LogP contribution in [0.4, 0.5) is 0 Å². The van der Waals surface area contributed by atoms with E-state index in [2.05, 4.69) is 25.8 Å². The molecule has 0 saturated heterocycles. The number of nitrogens with zero attached hydrogens (tertiary/aromatic N) is 1. The highest BCUT2D eigenvalue weighted by Crippen LogP contribution is 2.49. The molecule has 14 heavy (non-hydrogen) atoms. The molecule has 1 saturated carbocycles. The van der Waals surface area contributed by atoms with Crippen LogP contribution in [0.1, 0.15) is 40.0 Å². The molecule has 0 N–H and O–H groups in total. The van der Waals surface area contributed by atoms with Crippen LogP contribution < -0.4 is 0 Å². The van der Waals surface area contributed by atoms with E-state index in [1.165, 1.54) is 12.8 Å². The molecule has 1 aliphatic carbocycles. The molecular formula is C11H19NOS. The van der Waals surface area contributed by atoms with Crippen LogP contribution in [0.25, 0.3) is 0 Å². The minimum Gasteiger partial charge on any atom is -0.211 e. The SMILES string of the molecule is CC1(C)CCCC(C)(CN=C=O)C1S. The Bertz CT molecular complexity index is 258. The summed E-state index contributed by atoms with van der Waals surface area (Å²) in [4.78, 5) is 13.9. The lowest BCUT2D eigenvalue weighted by molar-refractivity contribution is 0.121. The van der Waals surface area contributed by atoms with E-state index < -0.39 is 0 Å². The van der Waals surface area contributed by atoms with Crippen molar-refractivity contribution in [3.63, 3.8) is 0 Å². The Morgan fingerprint density at radius 1 is 1.43 bits per heavy atom. The number of thiol groups is 1. The molecule has 0 aliphatic heterocycles. The molecule has 0 aromatic carbocycles. The summed E-state index contributed by atoms with van der Waals surface area (Å²) in [6.45, 7) is 7.22. The fourth-order valence-electron chi connectivity index (χ4n) is 2.54. The van der Waals surface area contributed by atoms with Gasteiger partial charge in [0.2, 0.25) is 6.08 Å². The third-order valence-electron chi connectivity index (χ3n) is 3.47. The molecule has 2 atom stereocenters. The van der Waals surface area contributed by atoms with Gasteiger partial charge in [-0.15, -0.1) is 0 Å². The third-order valence-corrected chi connectivity index (χ3v) is 4.80. The Hall–Kier alpha value is -0.270. The maximum absolute atomic E-state index is 10.1. The van der Waals surface area contributed by atoms with Gasteiger partial charge in [0, 0.05) is 10.7 Å². The molecule has 1 fully saturated rings. The molecule has 0 spiro atoms. The Labute approximate surface area is 91.6 Å². The molecule has 1 rings (SSSR count). The normalized spacial score (nSPS) is 36.1. The van der Waals surface area contributed by atoms with Gasteiger partial charge in [0.25, 0.3) is 0 Å². The van der Waals surface area contributed by atoms with Crippen molar-refractivity contribution in [2.45, 2.75) is 45.3 Å². The molecule has 2 unspecified atom stereocenters. The minimum atomic E-state index is 0.0578. The summed E-state index contributed by atoms with van der Waals surface area (Å²) >= 11 is 4.71. The molecule has 0 bridgehead atoms. The Morgan fingerprint density at radius 3 is 2.64 bits per heavy atom. The second kappa shape index (κ2) is 4.08. The van der Waals surface area contributed by atoms with E-state index in [1.807, 2.05) is 0 Å². The van der Waals surface area contributed by atoms with Crippen molar-refractivity contribution in [3.05, 3.63) is 0 Å². The lowest BCUT2D eigenvalue weighted by atomic mass is 9.64. The fourth-order valence-corrected chi connectivity index (χ4v) is 2.88. The standard InChI is InChI=1S/C11H19NOS/c1-10(2)5-4-6-11(3,9(10)14)7-12-8-13/h9,14H,4-7H2,1-3H3. The molecule has 1 aliphatic rings. The molecular weight excluding hydrogens is 194 g/mol. The zero-order chi connectivity index (χ0) is 10.8. The van der Waals surface area contributed by atoms with E-state index >= 15 is 0 Å². The van der Waals surface area contributed by atoms with E-state index in [0.717, 1.165) is 6.42 Å². The zero-order valence-corrected chi connectivity index (χ0v) is 10.1. The van der Waals surface area contributed by atoms with E-state index in [-0.39, 0.29) is 10.8 Å². The molecule has 0 aromatic heterocycles. The summed E-state index contributed by atoms with van der Waals surface area (Å²) in [5.74, 6) is 0. The number of isocyanates is 1. The monoisotopic (exact) mass is 213 g/mol. The average molecular weight is 213 g/mol. The van der Waals surface area contributed by atoms with Crippen molar-refractivity contribution in [1.82, 2.24) is 0 Å². The summed E-state index contributed by atoms with van der Waals surface area (Å²) < 4.78 is 0. The third kappa shape index (κ3) is 2.21. The summed E-state index contributed by atoms with van der Waals surface area (Å²) in [5, 5.41) is 0.306. The molecule has 2 nitrogen and oxygen atoms in total. The highest BCUT2D eigenvalue weighted by molar-refractivity contribution is 7.81. The quantitative estimate of drug-likeness (QED) is 0.426. The Morgan fingerprint density at radius 2 is 2.07 bits per heavy atom. The maximum atomic E-state index is 10.1. The predicted octanol–water partition coefficient (Wildman–Crippen LogP) is 2.84. The highest BCUT2D eigenvalue weighted by Gasteiger charge is 2.44. The first-order valence-electron chi connectivity index (χ1n) is 5.14. The lowest BCUT2D eigenvalue weighted by Gasteiger charge is -2.47. The van der Waals surface area contributed by atoms with E-state index in [1.54, 1.807) is 6.08 Å². The Balaban J connectivity index is 2.81. The van der Waals surface area contributed by atoms with Crippen LogP contribution >= 0.6 is 12.6 Å². The van der Waals surface area contributed by atoms with Gasteiger partial charge in [-0.3, -0.25) is 0 Å². The van der Waals surface area contributed by atoms with Gasteiger partial charge in [-0.2, -0.15) is 12.6 Å². The zero-order valence-electron chi connectivity index (χ0n) is 9.21. The fraction of sp³-hybridized carbons (Fsp3) is 0.909. The Kier molecular flexibility index (Phi) is 3.44. The molecule has 3 heteroatoms. The second-order valence-corrected chi connectivity index (χ2v) is 5.82. The highest BCUT2D eigenvalue weighted by atomic mass is 32.1. The first-order chi connectivity index (χ1) is 6.42. The van der Waals surface area contributed by atoms with Crippen LogP contribution in [0.3, 0.4) is 0 Å². The predicted molar refractivity (Wildman–Crippen MR) is 61.5 cm³/mol. The second-order valence-electron chi connectivity index (χ2n) is 5.31. The van der Waals surface area contributed by atoms with Crippen molar-refractivity contribution in [2.24, 2.45) is 15.8 Å². The first-order valence-corrected chi connectivity index (χ1v) is 5.66. The van der Waals surface area contributed by atoms with Crippen LogP contribution in [-0.4, -0.2) is 17.9 Å². The molecule has 0 heterocycles. The summed E-state index contributed by atoms with van der Waals surface area (Å²) in [6.07, 6.45) is 5.15. The van der Waals surface area contributed by atoms with E-state index in [9.17, 15) is 4.79 Å². The van der Waals surface area contributed by atoms with Gasteiger partial charge >= 0.3 is 0 Å². The number of rotatable bonds is 2. The largest absolute Gasteiger partial charge is 0.234 e. The number of aliphatic imine (C=N–C) groups is 1. The average Bonchev–Trinajstić information content (AvgIpc) is 2.11. The maximum Gasteiger partial charge on any atom is 0.234 e. The van der Waals surface area contributed by atoms with Gasteiger partial charge in [-0.05, 0) is 18.3 Å². The van der Waals surface area contributed by atoms with Crippen LogP contribution in [-0.2, 0) is 4.79 Å². The summed E-state index contributed by atoms with van der Waals surface area (Å²) in [7, 11) is 0. The topological polar surface area (TPSA) is 29.4 Å². The van der Waals surface area contributed by atoms with Crippen molar-refractivity contribution in [1.29, 1.82) is 0 Å². The van der Waals surface area contributed by atoms with Gasteiger partial charge in [-0.25, -0.2) is 9.79 Å². The van der Waals surface area contributed by atoms with Gasteiger partial charge in [-0.1, -0.05) is 27.2 Å². The van der Waals surface area contributed by atoms with Crippen molar-refractivity contribution >= 4 is 18.7 Å². The number of carbonyl (C=O) groups excluding carboxylic acids is 1. The smallest absolute Gasteiger partial charge is 0.211 e. The number of hydrogen-bond donors (Lipinski definition) is 1. The van der Waals surface area contributed by atoms with Crippen molar-refractivity contribution < 1.29 is 4.79 Å². The van der Waals surface area contributed by atoms with Crippen LogP contribution in [0, 0.1) is 10.8 Å². The van der Waals surface area contributed by atoms with Gasteiger partial charge in [0.15, 0.2) is 0 Å². The summed E-state index contributed by atoms with van der Waals surface area (Å²) in [5.41, 5.74) is 0.302. The summed E-state index contributed by atoms with van der Waals surface area (Å²) in [6, 6.07) is 0. The van der Waals surface area contributed by atoms with Gasteiger partial charge in [0.05, 0.1) is 6.54 Å². The lowest BCUT2D eigenvalue weighted by Crippen LogP contribution is -2.45. The van der Waals surface area contributed by atoms with Crippen LogP contribution in [0.2, 0.25) is 0 Å².